The van der Waals surface area contributed by atoms with Crippen molar-refractivity contribution in [2.75, 3.05) is 26.1 Å². The highest BCUT2D eigenvalue weighted by Crippen LogP contribution is 2.44. The maximum absolute atomic E-state index is 5.55. The molecule has 4 aromatic heterocycles. The normalized spacial score (nSPS) is 13.3. The number of rotatable bonds is 7. The molecule has 36 heavy (non-hydrogen) atoms. The molecule has 0 N–H and O–H groups in total. The Hall–Kier alpha value is -4.34. The van der Waals surface area contributed by atoms with Gasteiger partial charge in [0, 0.05) is 32.3 Å². The highest BCUT2D eigenvalue weighted by Gasteiger charge is 2.31. The molecule has 5 aromatic rings. The Morgan fingerprint density at radius 1 is 1.06 bits per heavy atom. The minimum Gasteiger partial charge on any atom is -0.480 e. The van der Waals surface area contributed by atoms with E-state index in [0.717, 1.165) is 57.9 Å². The molecule has 0 saturated heterocycles. The molecule has 0 radical (unpaired) electrons. The molecule has 10 heteroatoms. The largest absolute Gasteiger partial charge is 0.480 e. The maximum atomic E-state index is 5.55. The highest BCUT2D eigenvalue weighted by molar-refractivity contribution is 5.77. The van der Waals surface area contributed by atoms with Gasteiger partial charge in [-0.15, -0.1) is 0 Å². The summed E-state index contributed by atoms with van der Waals surface area (Å²) < 4.78 is 9.39. The first-order valence-electron chi connectivity index (χ1n) is 11.9. The highest BCUT2D eigenvalue weighted by atomic mass is 16.5. The van der Waals surface area contributed by atoms with Gasteiger partial charge in [0.25, 0.3) is 0 Å². The molecular weight excluding hydrogens is 454 g/mol. The first kappa shape index (κ1) is 22.1. The zero-order chi connectivity index (χ0) is 24.8. The summed E-state index contributed by atoms with van der Waals surface area (Å²) in [7, 11) is 5.65. The number of aryl methyl sites for hydroxylation is 1. The van der Waals surface area contributed by atoms with Gasteiger partial charge in [0.05, 0.1) is 42.3 Å². The SMILES string of the molecule is COc1ncnc(C2CC2)c1-c1ncc2cnn(Cc3ccc(-n4nc(C)cc4N(C)C)cc3)c2n1. The van der Waals surface area contributed by atoms with Crippen LogP contribution in [0, 0.1) is 6.92 Å². The molecule has 182 valence electrons. The van der Waals surface area contributed by atoms with Crippen LogP contribution in [0.5, 0.6) is 5.88 Å². The van der Waals surface area contributed by atoms with Crippen molar-refractivity contribution in [2.45, 2.75) is 32.2 Å². The van der Waals surface area contributed by atoms with Crippen LogP contribution in [-0.4, -0.2) is 60.7 Å². The molecule has 0 amide bonds. The van der Waals surface area contributed by atoms with Gasteiger partial charge in [-0.25, -0.2) is 29.3 Å². The number of nitrogens with zero attached hydrogens (tertiary/aromatic N) is 9. The van der Waals surface area contributed by atoms with E-state index in [4.69, 9.17) is 9.72 Å². The Kier molecular flexibility index (Phi) is 5.36. The van der Waals surface area contributed by atoms with Crippen LogP contribution in [0.2, 0.25) is 0 Å². The van der Waals surface area contributed by atoms with Crippen molar-refractivity contribution in [2.24, 2.45) is 0 Å². The Bertz CT molecular complexity index is 1550. The third kappa shape index (κ3) is 3.94. The van der Waals surface area contributed by atoms with Crippen LogP contribution in [0.3, 0.4) is 0 Å². The lowest BCUT2D eigenvalue weighted by molar-refractivity contribution is 0.397. The summed E-state index contributed by atoms with van der Waals surface area (Å²) in [4.78, 5) is 20.4. The molecule has 1 aromatic carbocycles. The van der Waals surface area contributed by atoms with Gasteiger partial charge in [-0.1, -0.05) is 12.1 Å². The Morgan fingerprint density at radius 2 is 1.86 bits per heavy atom. The van der Waals surface area contributed by atoms with Crippen molar-refractivity contribution < 1.29 is 4.74 Å². The van der Waals surface area contributed by atoms with Crippen molar-refractivity contribution in [1.82, 2.24) is 39.5 Å². The van der Waals surface area contributed by atoms with Crippen LogP contribution in [0.1, 0.15) is 35.7 Å². The van der Waals surface area contributed by atoms with Crippen molar-refractivity contribution >= 4 is 16.9 Å². The standard InChI is InChI=1S/C26H27N9O/c1-16-11-21(33(2)3)35(32-16)20-9-5-17(6-10-20)14-34-25-19(13-30-34)12-27-24(31-25)22-23(18-7-8-18)28-15-29-26(22)36-4/h5-6,9-13,15,18H,7-8,14H2,1-4H3. The maximum Gasteiger partial charge on any atom is 0.227 e. The molecular formula is C26H27N9O. The van der Waals surface area contributed by atoms with E-state index in [1.807, 2.05) is 30.4 Å². The van der Waals surface area contributed by atoms with Gasteiger partial charge < -0.3 is 9.64 Å². The zero-order valence-electron chi connectivity index (χ0n) is 20.8. The molecule has 1 aliphatic carbocycles. The number of methoxy groups -OCH3 is 1. The number of fused-ring (bicyclic) bond motifs is 1. The predicted molar refractivity (Wildman–Crippen MR) is 137 cm³/mol. The second-order valence-electron chi connectivity index (χ2n) is 9.31. The second kappa shape index (κ2) is 8.71. The van der Waals surface area contributed by atoms with E-state index in [0.29, 0.717) is 24.2 Å². The molecule has 6 rings (SSSR count). The average Bonchev–Trinajstić information content (AvgIpc) is 3.56. The van der Waals surface area contributed by atoms with Gasteiger partial charge in [0.15, 0.2) is 11.5 Å². The second-order valence-corrected chi connectivity index (χ2v) is 9.31. The molecule has 10 nitrogen and oxygen atoms in total. The molecule has 0 bridgehead atoms. The summed E-state index contributed by atoms with van der Waals surface area (Å²) in [6.45, 7) is 2.58. The first-order valence-corrected chi connectivity index (χ1v) is 11.9. The lowest BCUT2D eigenvalue weighted by atomic mass is 10.1. The molecule has 0 aliphatic heterocycles. The van der Waals surface area contributed by atoms with E-state index in [1.165, 1.54) is 0 Å². The number of anilines is 1. The van der Waals surface area contributed by atoms with Crippen molar-refractivity contribution in [3.63, 3.8) is 0 Å². The molecule has 0 unspecified atom stereocenters. The van der Waals surface area contributed by atoms with Crippen LogP contribution < -0.4 is 9.64 Å². The lowest BCUT2D eigenvalue weighted by Gasteiger charge is -2.15. The van der Waals surface area contributed by atoms with E-state index in [2.05, 4.69) is 60.4 Å². The van der Waals surface area contributed by atoms with Gasteiger partial charge in [0.2, 0.25) is 5.88 Å². The summed E-state index contributed by atoms with van der Waals surface area (Å²) >= 11 is 0. The predicted octanol–water partition coefficient (Wildman–Crippen LogP) is 3.78. The smallest absolute Gasteiger partial charge is 0.227 e. The van der Waals surface area contributed by atoms with Gasteiger partial charge in [0.1, 0.15) is 17.7 Å². The third-order valence-corrected chi connectivity index (χ3v) is 6.38. The van der Waals surface area contributed by atoms with E-state index >= 15 is 0 Å². The molecule has 1 fully saturated rings. The van der Waals surface area contributed by atoms with Crippen LogP contribution in [0.25, 0.3) is 28.1 Å². The Balaban J connectivity index is 1.33. The van der Waals surface area contributed by atoms with Crippen LogP contribution in [-0.2, 0) is 6.54 Å². The van der Waals surface area contributed by atoms with Gasteiger partial charge >= 0.3 is 0 Å². The summed E-state index contributed by atoms with van der Waals surface area (Å²) in [5.41, 5.74) is 5.58. The van der Waals surface area contributed by atoms with E-state index in [-0.39, 0.29) is 0 Å². The molecule has 0 atom stereocenters. The lowest BCUT2D eigenvalue weighted by Crippen LogP contribution is -2.14. The van der Waals surface area contributed by atoms with E-state index in [9.17, 15) is 0 Å². The van der Waals surface area contributed by atoms with Gasteiger partial charge in [-0.2, -0.15) is 10.2 Å². The summed E-state index contributed by atoms with van der Waals surface area (Å²) in [6.07, 6.45) is 7.36. The number of ether oxygens (including phenoxy) is 1. The first-order chi connectivity index (χ1) is 17.5. The fourth-order valence-electron chi connectivity index (χ4n) is 4.43. The third-order valence-electron chi connectivity index (χ3n) is 6.38. The Labute approximate surface area is 208 Å². The monoisotopic (exact) mass is 481 g/mol. The number of aromatic nitrogens is 8. The summed E-state index contributed by atoms with van der Waals surface area (Å²) in [5, 5.41) is 10.1. The quantitative estimate of drug-likeness (QED) is 0.346. The molecule has 1 aliphatic rings. The zero-order valence-corrected chi connectivity index (χ0v) is 20.8. The summed E-state index contributed by atoms with van der Waals surface area (Å²) in [5.74, 6) is 2.50. The molecule has 1 saturated carbocycles. The van der Waals surface area contributed by atoms with E-state index in [1.54, 1.807) is 25.8 Å². The minimum absolute atomic E-state index is 0.409. The number of benzene rings is 1. The van der Waals surface area contributed by atoms with Crippen LogP contribution in [0.4, 0.5) is 5.82 Å². The Morgan fingerprint density at radius 3 is 2.58 bits per heavy atom. The average molecular weight is 482 g/mol. The van der Waals surface area contributed by atoms with E-state index < -0.39 is 0 Å². The molecule has 0 spiro atoms. The van der Waals surface area contributed by atoms with Gasteiger partial charge in [-0.05, 0) is 37.5 Å². The van der Waals surface area contributed by atoms with Crippen molar-refractivity contribution in [1.29, 1.82) is 0 Å². The van der Waals surface area contributed by atoms with Crippen LogP contribution >= 0.6 is 0 Å². The number of hydrogen-bond donors (Lipinski definition) is 0. The fourth-order valence-corrected chi connectivity index (χ4v) is 4.43. The minimum atomic E-state index is 0.409. The fraction of sp³-hybridized carbons (Fsp3) is 0.308. The van der Waals surface area contributed by atoms with Crippen molar-refractivity contribution in [3.8, 4) is 23.0 Å². The van der Waals surface area contributed by atoms with Gasteiger partial charge in [-0.3, -0.25) is 0 Å². The topological polar surface area (TPSA) is 99.7 Å². The van der Waals surface area contributed by atoms with Crippen molar-refractivity contribution in [3.05, 3.63) is 66.0 Å². The van der Waals surface area contributed by atoms with Crippen LogP contribution in [0.15, 0.2) is 49.1 Å². The number of hydrogen-bond acceptors (Lipinski definition) is 8. The molecule has 4 heterocycles. The summed E-state index contributed by atoms with van der Waals surface area (Å²) in [6, 6.07) is 10.4.